The summed E-state index contributed by atoms with van der Waals surface area (Å²) in [4.78, 5) is 14.9. The van der Waals surface area contributed by atoms with Gasteiger partial charge in [0.15, 0.2) is 0 Å². The largest absolute Gasteiger partial charge is 0.446 e. The summed E-state index contributed by atoms with van der Waals surface area (Å²) in [5.41, 5.74) is 3.16. The number of carbonyl (C=O) groups is 1. The van der Waals surface area contributed by atoms with E-state index in [1.165, 1.54) is 11.1 Å². The highest BCUT2D eigenvalue weighted by atomic mass is 35.5. The average Bonchev–Trinajstić information content (AvgIpc) is 3.35. The molecule has 0 saturated carbocycles. The molecular formula is C23H27ClN2O3. The van der Waals surface area contributed by atoms with E-state index in [4.69, 9.17) is 16.3 Å². The first-order valence-electron chi connectivity index (χ1n) is 10.3. The highest BCUT2D eigenvalue weighted by Gasteiger charge is 2.29. The number of hydrogen-bond donors (Lipinski definition) is 2. The zero-order valence-electron chi connectivity index (χ0n) is 16.4. The molecule has 4 rings (SSSR count). The highest BCUT2D eigenvalue weighted by Crippen LogP contribution is 2.25. The van der Waals surface area contributed by atoms with E-state index in [-0.39, 0.29) is 6.10 Å². The number of rotatable bonds is 6. The Morgan fingerprint density at radius 1 is 1.14 bits per heavy atom. The number of nitrogens with zero attached hydrogens (tertiary/aromatic N) is 1. The van der Waals surface area contributed by atoms with Gasteiger partial charge in [-0.1, -0.05) is 48.0 Å². The van der Waals surface area contributed by atoms with E-state index in [0.29, 0.717) is 17.1 Å². The Hall–Kier alpha value is -2.08. The first-order valence-corrected chi connectivity index (χ1v) is 10.7. The van der Waals surface area contributed by atoms with Gasteiger partial charge in [-0.15, -0.1) is 0 Å². The quantitative estimate of drug-likeness (QED) is 0.756. The fraction of sp³-hybridized carbons (Fsp3) is 0.435. The highest BCUT2D eigenvalue weighted by molar-refractivity contribution is 6.30. The van der Waals surface area contributed by atoms with Crippen molar-refractivity contribution in [2.75, 3.05) is 19.6 Å². The van der Waals surface area contributed by atoms with Crippen molar-refractivity contribution < 1.29 is 14.6 Å². The molecule has 2 atom stereocenters. The second kappa shape index (κ2) is 9.16. The molecule has 0 radical (unpaired) electrons. The molecule has 0 aromatic heterocycles. The molecule has 0 spiro atoms. The van der Waals surface area contributed by atoms with Gasteiger partial charge in [0, 0.05) is 24.4 Å². The predicted octanol–water partition coefficient (Wildman–Crippen LogP) is 3.73. The smallest absolute Gasteiger partial charge is 0.407 e. The topological polar surface area (TPSA) is 61.8 Å². The minimum Gasteiger partial charge on any atom is -0.446 e. The lowest BCUT2D eigenvalue weighted by molar-refractivity contribution is 0.0728. The molecule has 1 heterocycles. The summed E-state index contributed by atoms with van der Waals surface area (Å²) in [6.45, 7) is 2.54. The van der Waals surface area contributed by atoms with Crippen molar-refractivity contribution >= 4 is 17.7 Å². The SMILES string of the molecule is O=C(N[C@H](CN1CCCC1)[C@H](O)c1cccc(Cl)c1)OC1Cc2ccccc2C1. The van der Waals surface area contributed by atoms with E-state index in [2.05, 4.69) is 22.3 Å². The Kier molecular flexibility index (Phi) is 6.38. The standard InChI is InChI=1S/C23H27ClN2O3/c24-19-9-5-8-18(12-19)22(27)21(15-26-10-3-4-11-26)25-23(28)29-20-13-16-6-1-2-7-17(16)14-20/h1-2,5-9,12,20-22,27H,3-4,10-11,13-15H2,(H,25,28)/t21-,22-/m1/s1. The van der Waals surface area contributed by atoms with E-state index in [1.54, 1.807) is 12.1 Å². The molecule has 5 nitrogen and oxygen atoms in total. The summed E-state index contributed by atoms with van der Waals surface area (Å²) in [5.74, 6) is 0. The second-order valence-electron chi connectivity index (χ2n) is 7.96. The number of nitrogens with one attached hydrogen (secondary N) is 1. The third-order valence-corrected chi connectivity index (χ3v) is 6.05. The summed E-state index contributed by atoms with van der Waals surface area (Å²) in [5, 5.41) is 14.4. The fourth-order valence-corrected chi connectivity index (χ4v) is 4.53. The fourth-order valence-electron chi connectivity index (χ4n) is 4.33. The maximum atomic E-state index is 12.6. The van der Waals surface area contributed by atoms with Crippen molar-refractivity contribution in [2.45, 2.75) is 43.9 Å². The zero-order chi connectivity index (χ0) is 20.2. The minimum atomic E-state index is -0.859. The Bertz CT molecular complexity index is 829. The number of ether oxygens (including phenoxy) is 1. The van der Waals surface area contributed by atoms with Gasteiger partial charge in [-0.25, -0.2) is 4.79 Å². The molecule has 154 valence electrons. The van der Waals surface area contributed by atoms with Crippen LogP contribution in [0.5, 0.6) is 0 Å². The molecule has 2 aromatic carbocycles. The van der Waals surface area contributed by atoms with Gasteiger partial charge in [0.1, 0.15) is 12.2 Å². The van der Waals surface area contributed by atoms with Gasteiger partial charge in [-0.2, -0.15) is 0 Å². The Balaban J connectivity index is 1.41. The lowest BCUT2D eigenvalue weighted by atomic mass is 10.0. The maximum absolute atomic E-state index is 12.6. The van der Waals surface area contributed by atoms with Crippen LogP contribution in [0.15, 0.2) is 48.5 Å². The first-order chi connectivity index (χ1) is 14.1. The number of aliphatic hydroxyl groups excluding tert-OH is 1. The van der Waals surface area contributed by atoms with Gasteiger partial charge < -0.3 is 20.1 Å². The number of likely N-dealkylation sites (tertiary alicyclic amines) is 1. The summed E-state index contributed by atoms with van der Waals surface area (Å²) in [6, 6.07) is 14.9. The van der Waals surface area contributed by atoms with Crippen molar-refractivity contribution in [3.63, 3.8) is 0 Å². The van der Waals surface area contributed by atoms with Gasteiger partial charge in [0.05, 0.1) is 6.04 Å². The number of halogens is 1. The minimum absolute atomic E-state index is 0.164. The van der Waals surface area contributed by atoms with Crippen LogP contribution in [0.25, 0.3) is 0 Å². The molecule has 0 unspecified atom stereocenters. The maximum Gasteiger partial charge on any atom is 0.407 e. The van der Waals surface area contributed by atoms with Crippen molar-refractivity contribution in [2.24, 2.45) is 0 Å². The molecule has 1 saturated heterocycles. The van der Waals surface area contributed by atoms with Gasteiger partial charge in [0.25, 0.3) is 0 Å². The molecule has 1 aliphatic heterocycles. The molecule has 2 aromatic rings. The molecule has 0 bridgehead atoms. The zero-order valence-corrected chi connectivity index (χ0v) is 17.1. The Morgan fingerprint density at radius 2 is 1.83 bits per heavy atom. The number of amides is 1. The van der Waals surface area contributed by atoms with Crippen molar-refractivity contribution in [3.05, 3.63) is 70.2 Å². The van der Waals surface area contributed by atoms with E-state index in [9.17, 15) is 9.90 Å². The molecule has 1 aliphatic carbocycles. The van der Waals surface area contributed by atoms with E-state index < -0.39 is 18.2 Å². The normalized spacial score (nSPS) is 19.0. The van der Waals surface area contributed by atoms with Crippen LogP contribution in [-0.4, -0.2) is 47.9 Å². The van der Waals surface area contributed by atoms with E-state index >= 15 is 0 Å². The Morgan fingerprint density at radius 3 is 2.48 bits per heavy atom. The Labute approximate surface area is 176 Å². The molecule has 6 heteroatoms. The molecule has 2 aliphatic rings. The van der Waals surface area contributed by atoms with Crippen LogP contribution in [0.1, 0.15) is 35.6 Å². The van der Waals surface area contributed by atoms with Crippen molar-refractivity contribution in [1.29, 1.82) is 0 Å². The van der Waals surface area contributed by atoms with Gasteiger partial charge in [-0.3, -0.25) is 0 Å². The lowest BCUT2D eigenvalue weighted by Gasteiger charge is -2.29. The van der Waals surface area contributed by atoms with Crippen LogP contribution in [-0.2, 0) is 17.6 Å². The molecule has 1 fully saturated rings. The lowest BCUT2D eigenvalue weighted by Crippen LogP contribution is -2.47. The number of hydrogen-bond acceptors (Lipinski definition) is 4. The average molecular weight is 415 g/mol. The van der Waals surface area contributed by atoms with Crippen LogP contribution in [0.3, 0.4) is 0 Å². The molecular weight excluding hydrogens is 388 g/mol. The number of carbonyl (C=O) groups excluding carboxylic acids is 1. The van der Waals surface area contributed by atoms with Gasteiger partial charge in [0.2, 0.25) is 0 Å². The third kappa shape index (κ3) is 5.10. The van der Waals surface area contributed by atoms with Crippen LogP contribution in [0, 0.1) is 0 Å². The number of benzene rings is 2. The summed E-state index contributed by atoms with van der Waals surface area (Å²) < 4.78 is 5.69. The van der Waals surface area contributed by atoms with Crippen LogP contribution in [0.2, 0.25) is 5.02 Å². The molecule has 2 N–H and O–H groups in total. The monoisotopic (exact) mass is 414 g/mol. The van der Waals surface area contributed by atoms with Gasteiger partial charge >= 0.3 is 6.09 Å². The summed E-state index contributed by atoms with van der Waals surface area (Å²) >= 11 is 6.09. The van der Waals surface area contributed by atoms with Crippen LogP contribution >= 0.6 is 11.6 Å². The number of aliphatic hydroxyl groups is 1. The van der Waals surface area contributed by atoms with E-state index in [0.717, 1.165) is 38.8 Å². The summed E-state index contributed by atoms with van der Waals surface area (Å²) in [7, 11) is 0. The van der Waals surface area contributed by atoms with Gasteiger partial charge in [-0.05, 0) is 54.8 Å². The first kappa shape index (κ1) is 20.2. The predicted molar refractivity (Wildman–Crippen MR) is 113 cm³/mol. The van der Waals surface area contributed by atoms with Crippen molar-refractivity contribution in [1.82, 2.24) is 10.2 Å². The van der Waals surface area contributed by atoms with Crippen molar-refractivity contribution in [3.8, 4) is 0 Å². The van der Waals surface area contributed by atoms with Crippen LogP contribution < -0.4 is 5.32 Å². The summed E-state index contributed by atoms with van der Waals surface area (Å²) in [6.07, 6.45) is 2.25. The van der Waals surface area contributed by atoms with Crippen LogP contribution in [0.4, 0.5) is 4.79 Å². The molecule has 29 heavy (non-hydrogen) atoms. The number of fused-ring (bicyclic) bond motifs is 1. The second-order valence-corrected chi connectivity index (χ2v) is 8.40. The van der Waals surface area contributed by atoms with E-state index in [1.807, 2.05) is 24.3 Å². The number of alkyl carbamates (subject to hydrolysis) is 1. The third-order valence-electron chi connectivity index (χ3n) is 5.82. The molecule has 1 amide bonds.